The van der Waals surface area contributed by atoms with Crippen LogP contribution in [0, 0.1) is 0 Å². The lowest BCUT2D eigenvalue weighted by Gasteiger charge is -2.38. The summed E-state index contributed by atoms with van der Waals surface area (Å²) >= 11 is 13.0. The standard InChI is InChI=1S/C30H32Cl2N2O4/c1-4-5-6-7-14-37-22-11-8-19(9-12-22)30-34-26(23-16-21(31)17-24(32)29(23)38-30)18-25(33-34)20-10-13-27(35-2)28(15-20)36-3/h8-13,15-17,26,30H,4-7,14,18H2,1-3H3/t26-,30-/m0/s1. The van der Waals surface area contributed by atoms with Gasteiger partial charge >= 0.3 is 0 Å². The molecule has 0 aromatic heterocycles. The predicted octanol–water partition coefficient (Wildman–Crippen LogP) is 8.21. The molecular formula is C30H32Cl2N2O4. The van der Waals surface area contributed by atoms with E-state index < -0.39 is 6.23 Å². The maximum atomic E-state index is 6.62. The Kier molecular flexibility index (Phi) is 8.20. The Bertz CT molecular complexity index is 1310. The highest BCUT2D eigenvalue weighted by Crippen LogP contribution is 2.51. The second-order valence-corrected chi connectivity index (χ2v) is 10.3. The SMILES string of the molecule is CCCCCCOc1ccc([C@@H]2Oc3c(Cl)cc(Cl)cc3[C@@H]3CC(c4ccc(OC)c(OC)c4)=NN32)cc1. The average molecular weight is 556 g/mol. The largest absolute Gasteiger partial charge is 0.494 e. The van der Waals surface area contributed by atoms with E-state index in [1.807, 2.05) is 53.5 Å². The highest BCUT2D eigenvalue weighted by atomic mass is 35.5. The molecule has 38 heavy (non-hydrogen) atoms. The van der Waals surface area contributed by atoms with Crippen molar-refractivity contribution in [1.82, 2.24) is 5.01 Å². The monoisotopic (exact) mass is 554 g/mol. The number of nitrogens with zero attached hydrogens (tertiary/aromatic N) is 2. The molecular weight excluding hydrogens is 523 g/mol. The highest BCUT2D eigenvalue weighted by molar-refractivity contribution is 6.35. The van der Waals surface area contributed by atoms with Gasteiger partial charge in [0.05, 0.1) is 37.6 Å². The van der Waals surface area contributed by atoms with Gasteiger partial charge in [0.25, 0.3) is 0 Å². The summed E-state index contributed by atoms with van der Waals surface area (Å²) in [5.74, 6) is 2.81. The van der Waals surface area contributed by atoms with Crippen LogP contribution >= 0.6 is 23.2 Å². The Morgan fingerprint density at radius 3 is 2.47 bits per heavy atom. The lowest BCUT2D eigenvalue weighted by molar-refractivity contribution is -0.0189. The van der Waals surface area contributed by atoms with E-state index in [0.29, 0.717) is 33.7 Å². The van der Waals surface area contributed by atoms with Crippen LogP contribution in [0.5, 0.6) is 23.0 Å². The molecule has 0 spiro atoms. The number of unbranched alkanes of at least 4 members (excludes halogenated alkanes) is 3. The quantitative estimate of drug-likeness (QED) is 0.236. The summed E-state index contributed by atoms with van der Waals surface area (Å²) in [5, 5.41) is 8.10. The lowest BCUT2D eigenvalue weighted by atomic mass is 9.95. The number of methoxy groups -OCH3 is 2. The first-order valence-electron chi connectivity index (χ1n) is 13.0. The Hall–Kier alpha value is -3.09. The average Bonchev–Trinajstić information content (AvgIpc) is 3.38. The van der Waals surface area contributed by atoms with E-state index in [9.17, 15) is 0 Å². The van der Waals surface area contributed by atoms with Gasteiger partial charge in [0.1, 0.15) is 11.5 Å². The molecule has 0 bridgehead atoms. The van der Waals surface area contributed by atoms with Crippen LogP contribution in [0.3, 0.4) is 0 Å². The van der Waals surface area contributed by atoms with E-state index in [-0.39, 0.29) is 6.04 Å². The van der Waals surface area contributed by atoms with Gasteiger partial charge in [-0.1, -0.05) is 49.4 Å². The number of hydrogen-bond donors (Lipinski definition) is 0. The highest BCUT2D eigenvalue weighted by Gasteiger charge is 2.42. The fraction of sp³-hybridized carbons (Fsp3) is 0.367. The maximum Gasteiger partial charge on any atom is 0.213 e. The topological polar surface area (TPSA) is 52.5 Å². The van der Waals surface area contributed by atoms with Crippen molar-refractivity contribution < 1.29 is 18.9 Å². The number of benzene rings is 3. The zero-order valence-corrected chi connectivity index (χ0v) is 23.4. The van der Waals surface area contributed by atoms with E-state index in [2.05, 4.69) is 6.92 Å². The number of hydrogen-bond acceptors (Lipinski definition) is 6. The van der Waals surface area contributed by atoms with E-state index in [1.165, 1.54) is 19.3 Å². The second-order valence-electron chi connectivity index (χ2n) is 9.47. The molecule has 3 aromatic rings. The molecule has 2 aliphatic heterocycles. The van der Waals surface area contributed by atoms with Gasteiger partial charge in [-0.3, -0.25) is 0 Å². The molecule has 6 nitrogen and oxygen atoms in total. The van der Waals surface area contributed by atoms with E-state index >= 15 is 0 Å². The van der Waals surface area contributed by atoms with Crippen LogP contribution in [0.4, 0.5) is 0 Å². The minimum Gasteiger partial charge on any atom is -0.494 e. The van der Waals surface area contributed by atoms with Crippen molar-refractivity contribution in [2.45, 2.75) is 51.3 Å². The van der Waals surface area contributed by atoms with Gasteiger partial charge in [0.15, 0.2) is 11.5 Å². The van der Waals surface area contributed by atoms with Crippen LogP contribution in [0.25, 0.3) is 0 Å². The Balaban J connectivity index is 1.45. The molecule has 2 aliphatic rings. The molecule has 0 fully saturated rings. The maximum absolute atomic E-state index is 6.62. The number of fused-ring (bicyclic) bond motifs is 3. The molecule has 0 N–H and O–H groups in total. The van der Waals surface area contributed by atoms with Gasteiger partial charge in [0.2, 0.25) is 6.23 Å². The molecule has 0 aliphatic carbocycles. The van der Waals surface area contributed by atoms with Crippen LogP contribution in [0.15, 0.2) is 59.7 Å². The van der Waals surface area contributed by atoms with Gasteiger partial charge < -0.3 is 18.9 Å². The van der Waals surface area contributed by atoms with Crippen molar-refractivity contribution in [2.75, 3.05) is 20.8 Å². The zero-order valence-electron chi connectivity index (χ0n) is 21.9. The minimum atomic E-state index is -0.456. The molecule has 2 heterocycles. The first-order valence-corrected chi connectivity index (χ1v) is 13.7. The summed E-state index contributed by atoms with van der Waals surface area (Å²) in [6.07, 6.45) is 4.90. The van der Waals surface area contributed by atoms with Crippen LogP contribution in [-0.2, 0) is 0 Å². The molecule has 0 amide bonds. The van der Waals surface area contributed by atoms with Crippen molar-refractivity contribution in [3.63, 3.8) is 0 Å². The molecule has 5 rings (SSSR count). The van der Waals surface area contributed by atoms with Crippen molar-refractivity contribution in [2.24, 2.45) is 5.10 Å². The van der Waals surface area contributed by atoms with Crippen LogP contribution in [0.2, 0.25) is 10.0 Å². The molecule has 0 saturated heterocycles. The van der Waals surface area contributed by atoms with Crippen molar-refractivity contribution in [1.29, 1.82) is 0 Å². The van der Waals surface area contributed by atoms with Crippen LogP contribution in [-0.4, -0.2) is 31.5 Å². The summed E-state index contributed by atoms with van der Waals surface area (Å²) in [4.78, 5) is 0. The van der Waals surface area contributed by atoms with Crippen LogP contribution in [0.1, 0.15) is 68.0 Å². The van der Waals surface area contributed by atoms with Gasteiger partial charge in [0, 0.05) is 28.1 Å². The van der Waals surface area contributed by atoms with Gasteiger partial charge in [-0.2, -0.15) is 5.10 Å². The Morgan fingerprint density at radius 2 is 1.74 bits per heavy atom. The van der Waals surface area contributed by atoms with E-state index in [0.717, 1.165) is 41.2 Å². The summed E-state index contributed by atoms with van der Waals surface area (Å²) in [6, 6.07) is 17.4. The first kappa shape index (κ1) is 26.5. The second kappa shape index (κ2) is 11.7. The molecule has 2 atom stereocenters. The molecule has 0 radical (unpaired) electrons. The zero-order chi connectivity index (χ0) is 26.6. The van der Waals surface area contributed by atoms with Crippen LogP contribution < -0.4 is 18.9 Å². The number of halogens is 2. The third-order valence-corrected chi connectivity index (χ3v) is 7.46. The molecule has 8 heteroatoms. The van der Waals surface area contributed by atoms with E-state index in [1.54, 1.807) is 20.3 Å². The molecule has 200 valence electrons. The Labute approximate surface area is 234 Å². The van der Waals surface area contributed by atoms with Gasteiger partial charge in [-0.25, -0.2) is 5.01 Å². The summed E-state index contributed by atoms with van der Waals surface area (Å²) in [5.41, 5.74) is 3.75. The third-order valence-electron chi connectivity index (χ3n) is 6.96. The summed E-state index contributed by atoms with van der Waals surface area (Å²) < 4.78 is 23.4. The normalized spacial score (nSPS) is 17.8. The predicted molar refractivity (Wildman–Crippen MR) is 151 cm³/mol. The fourth-order valence-corrected chi connectivity index (χ4v) is 5.53. The number of rotatable bonds is 10. The molecule has 0 saturated carbocycles. The van der Waals surface area contributed by atoms with Gasteiger partial charge in [-0.05, 0) is 61.0 Å². The van der Waals surface area contributed by atoms with Crippen molar-refractivity contribution >= 4 is 28.9 Å². The number of ether oxygens (including phenoxy) is 4. The Morgan fingerprint density at radius 1 is 0.947 bits per heavy atom. The van der Waals surface area contributed by atoms with E-state index in [4.69, 9.17) is 47.3 Å². The number of hydrazone groups is 1. The summed E-state index contributed by atoms with van der Waals surface area (Å²) in [7, 11) is 3.25. The molecule has 3 aromatic carbocycles. The minimum absolute atomic E-state index is 0.0856. The first-order chi connectivity index (χ1) is 18.5. The van der Waals surface area contributed by atoms with Crippen molar-refractivity contribution in [3.05, 3.63) is 81.3 Å². The fourth-order valence-electron chi connectivity index (χ4n) is 4.97. The molecule has 0 unspecified atom stereocenters. The summed E-state index contributed by atoms with van der Waals surface area (Å²) in [6.45, 7) is 2.93. The third kappa shape index (κ3) is 5.38. The van der Waals surface area contributed by atoms with Gasteiger partial charge in [-0.15, -0.1) is 0 Å². The lowest BCUT2D eigenvalue weighted by Crippen LogP contribution is -2.33. The van der Waals surface area contributed by atoms with Crippen molar-refractivity contribution in [3.8, 4) is 23.0 Å². The smallest absolute Gasteiger partial charge is 0.213 e.